The average Bonchev–Trinajstić information content (AvgIpc) is 3.14. The number of esters is 1. The highest BCUT2D eigenvalue weighted by Crippen LogP contribution is 2.21. The summed E-state index contributed by atoms with van der Waals surface area (Å²) in [5.74, 6) is -0.755. The lowest BCUT2D eigenvalue weighted by molar-refractivity contribution is -0.124. The molecule has 0 spiro atoms. The first kappa shape index (κ1) is 17.0. The maximum absolute atomic E-state index is 12.4. The number of nitrogens with one attached hydrogen (secondary N) is 2. The van der Waals surface area contributed by atoms with Crippen molar-refractivity contribution in [2.45, 2.75) is 31.7 Å². The van der Waals surface area contributed by atoms with Crippen molar-refractivity contribution in [1.29, 1.82) is 0 Å². The third kappa shape index (κ3) is 4.83. The zero-order valence-electron chi connectivity index (χ0n) is 14.0. The summed E-state index contributed by atoms with van der Waals surface area (Å²) in [5.41, 5.74) is 1.93. The second-order valence-corrected chi connectivity index (χ2v) is 6.16. The predicted molar refractivity (Wildman–Crippen MR) is 96.8 cm³/mol. The lowest BCUT2D eigenvalue weighted by Crippen LogP contribution is -2.35. The smallest absolute Gasteiger partial charge is 0.340 e. The number of hydrogen-bond acceptors (Lipinski definition) is 4. The first-order chi connectivity index (χ1) is 12.2. The summed E-state index contributed by atoms with van der Waals surface area (Å²) in [6, 6.07) is 16.9. The monoisotopic (exact) mass is 338 g/mol. The normalized spacial score (nSPS) is 14.1. The highest BCUT2D eigenvalue weighted by molar-refractivity contribution is 5.97. The van der Waals surface area contributed by atoms with E-state index in [0.29, 0.717) is 11.3 Å². The number of hydrogen-bond donors (Lipinski definition) is 2. The van der Waals surface area contributed by atoms with Gasteiger partial charge in [0.1, 0.15) is 0 Å². The molecular weight excluding hydrogens is 316 g/mol. The van der Waals surface area contributed by atoms with Crippen LogP contribution in [0.1, 0.15) is 36.0 Å². The second-order valence-electron chi connectivity index (χ2n) is 6.16. The largest absolute Gasteiger partial charge is 0.452 e. The van der Waals surface area contributed by atoms with E-state index in [1.165, 1.54) is 0 Å². The SMILES string of the molecule is O=C(COC(=O)c1ccccc1Nc1ccccc1)NC1CCCC1. The molecule has 0 saturated heterocycles. The Labute approximate surface area is 147 Å². The third-order valence-electron chi connectivity index (χ3n) is 4.25. The number of amides is 1. The molecule has 1 amide bonds. The van der Waals surface area contributed by atoms with E-state index in [-0.39, 0.29) is 18.6 Å². The van der Waals surface area contributed by atoms with Gasteiger partial charge in [0.2, 0.25) is 0 Å². The van der Waals surface area contributed by atoms with Gasteiger partial charge < -0.3 is 15.4 Å². The molecule has 25 heavy (non-hydrogen) atoms. The molecule has 2 aromatic carbocycles. The van der Waals surface area contributed by atoms with Crippen molar-refractivity contribution in [2.24, 2.45) is 0 Å². The van der Waals surface area contributed by atoms with E-state index in [4.69, 9.17) is 4.74 Å². The van der Waals surface area contributed by atoms with Crippen LogP contribution in [-0.2, 0) is 9.53 Å². The molecule has 0 radical (unpaired) electrons. The zero-order valence-corrected chi connectivity index (χ0v) is 14.0. The van der Waals surface area contributed by atoms with E-state index in [1.54, 1.807) is 12.1 Å². The van der Waals surface area contributed by atoms with E-state index >= 15 is 0 Å². The third-order valence-corrected chi connectivity index (χ3v) is 4.25. The van der Waals surface area contributed by atoms with Crippen molar-refractivity contribution >= 4 is 23.3 Å². The van der Waals surface area contributed by atoms with E-state index in [1.807, 2.05) is 42.5 Å². The molecule has 0 aromatic heterocycles. The summed E-state index contributed by atoms with van der Waals surface area (Å²) < 4.78 is 5.19. The lowest BCUT2D eigenvalue weighted by atomic mass is 10.1. The summed E-state index contributed by atoms with van der Waals surface area (Å²) in [4.78, 5) is 24.3. The minimum absolute atomic E-state index is 0.221. The van der Waals surface area contributed by atoms with Crippen LogP contribution in [0.3, 0.4) is 0 Å². The van der Waals surface area contributed by atoms with Crippen LogP contribution in [0, 0.1) is 0 Å². The summed E-state index contributed by atoms with van der Waals surface area (Å²) in [6.07, 6.45) is 4.29. The fourth-order valence-corrected chi connectivity index (χ4v) is 3.00. The van der Waals surface area contributed by atoms with Crippen molar-refractivity contribution in [3.63, 3.8) is 0 Å². The number of rotatable bonds is 6. The molecular formula is C20H22N2O3. The van der Waals surface area contributed by atoms with Crippen LogP contribution in [0.5, 0.6) is 0 Å². The van der Waals surface area contributed by atoms with Gasteiger partial charge in [-0.3, -0.25) is 4.79 Å². The van der Waals surface area contributed by atoms with Gasteiger partial charge in [0.15, 0.2) is 6.61 Å². The van der Waals surface area contributed by atoms with Crippen LogP contribution in [0.15, 0.2) is 54.6 Å². The Hall–Kier alpha value is -2.82. The van der Waals surface area contributed by atoms with E-state index in [2.05, 4.69) is 10.6 Å². The molecule has 3 rings (SSSR count). The van der Waals surface area contributed by atoms with E-state index in [0.717, 1.165) is 31.4 Å². The van der Waals surface area contributed by atoms with E-state index in [9.17, 15) is 9.59 Å². The molecule has 0 unspecified atom stereocenters. The Morgan fingerprint density at radius 3 is 2.40 bits per heavy atom. The number of anilines is 2. The highest BCUT2D eigenvalue weighted by atomic mass is 16.5. The number of carbonyl (C=O) groups is 2. The molecule has 1 aliphatic rings. The van der Waals surface area contributed by atoms with Crippen molar-refractivity contribution in [3.05, 3.63) is 60.2 Å². The minimum Gasteiger partial charge on any atom is -0.452 e. The second kappa shape index (κ2) is 8.33. The van der Waals surface area contributed by atoms with E-state index < -0.39 is 5.97 Å². The van der Waals surface area contributed by atoms with Gasteiger partial charge in [0, 0.05) is 11.7 Å². The molecule has 5 nitrogen and oxygen atoms in total. The Bertz CT molecular complexity index is 725. The lowest BCUT2D eigenvalue weighted by Gasteiger charge is -2.13. The summed E-state index contributed by atoms with van der Waals surface area (Å²) in [6.45, 7) is -0.255. The molecule has 5 heteroatoms. The minimum atomic E-state index is -0.513. The number of ether oxygens (including phenoxy) is 1. The summed E-state index contributed by atoms with van der Waals surface area (Å²) >= 11 is 0. The van der Waals surface area contributed by atoms with Gasteiger partial charge in [-0.05, 0) is 37.1 Å². The molecule has 0 aliphatic heterocycles. The Morgan fingerprint density at radius 1 is 0.960 bits per heavy atom. The van der Waals surface area contributed by atoms with Crippen LogP contribution >= 0.6 is 0 Å². The molecule has 0 atom stereocenters. The number of benzene rings is 2. The maximum atomic E-state index is 12.4. The highest BCUT2D eigenvalue weighted by Gasteiger charge is 2.19. The van der Waals surface area contributed by atoms with Crippen LogP contribution in [0.2, 0.25) is 0 Å². The molecule has 0 heterocycles. The van der Waals surface area contributed by atoms with Gasteiger partial charge >= 0.3 is 5.97 Å². The van der Waals surface area contributed by atoms with Crippen LogP contribution in [-0.4, -0.2) is 24.5 Å². The summed E-state index contributed by atoms with van der Waals surface area (Å²) in [7, 11) is 0. The zero-order chi connectivity index (χ0) is 17.5. The van der Waals surface area contributed by atoms with Crippen molar-refractivity contribution < 1.29 is 14.3 Å². The Balaban J connectivity index is 1.59. The van der Waals surface area contributed by atoms with Gasteiger partial charge in [0.25, 0.3) is 5.91 Å². The number of para-hydroxylation sites is 2. The van der Waals surface area contributed by atoms with Crippen LogP contribution in [0.25, 0.3) is 0 Å². The van der Waals surface area contributed by atoms with Crippen molar-refractivity contribution in [2.75, 3.05) is 11.9 Å². The van der Waals surface area contributed by atoms with Gasteiger partial charge in [-0.2, -0.15) is 0 Å². The quantitative estimate of drug-likeness (QED) is 0.789. The summed E-state index contributed by atoms with van der Waals surface area (Å²) in [5, 5.41) is 6.11. The standard InChI is InChI=1S/C20H22N2O3/c23-19(22-16-10-4-5-11-16)14-25-20(24)17-12-6-7-13-18(17)21-15-8-2-1-3-9-15/h1-3,6-9,12-13,16,21H,4-5,10-11,14H2,(H,22,23). The van der Waals surface area contributed by atoms with Crippen LogP contribution in [0.4, 0.5) is 11.4 Å². The topological polar surface area (TPSA) is 67.4 Å². The first-order valence-corrected chi connectivity index (χ1v) is 8.60. The first-order valence-electron chi connectivity index (χ1n) is 8.60. The predicted octanol–water partition coefficient (Wildman–Crippen LogP) is 3.65. The van der Waals surface area contributed by atoms with Gasteiger partial charge in [-0.15, -0.1) is 0 Å². The fourth-order valence-electron chi connectivity index (χ4n) is 3.00. The van der Waals surface area contributed by atoms with Crippen LogP contribution < -0.4 is 10.6 Å². The van der Waals surface area contributed by atoms with Gasteiger partial charge in [-0.1, -0.05) is 43.2 Å². The molecule has 1 aliphatic carbocycles. The molecule has 2 aromatic rings. The fraction of sp³-hybridized carbons (Fsp3) is 0.300. The van der Waals surface area contributed by atoms with Gasteiger partial charge in [0.05, 0.1) is 11.3 Å². The molecule has 130 valence electrons. The average molecular weight is 338 g/mol. The molecule has 1 fully saturated rings. The van der Waals surface area contributed by atoms with Gasteiger partial charge in [-0.25, -0.2) is 4.79 Å². The molecule has 0 bridgehead atoms. The molecule has 2 N–H and O–H groups in total. The maximum Gasteiger partial charge on any atom is 0.340 e. The number of carbonyl (C=O) groups excluding carboxylic acids is 2. The van der Waals surface area contributed by atoms with Crippen molar-refractivity contribution in [1.82, 2.24) is 5.32 Å². The Kier molecular flexibility index (Phi) is 5.67. The van der Waals surface area contributed by atoms with Crippen molar-refractivity contribution in [3.8, 4) is 0 Å². The molecule has 1 saturated carbocycles. The Morgan fingerprint density at radius 2 is 1.64 bits per heavy atom.